The van der Waals surface area contributed by atoms with Crippen LogP contribution >= 0.6 is 11.6 Å². The number of hydrogen-bond acceptors (Lipinski definition) is 3. The van der Waals surface area contributed by atoms with Gasteiger partial charge in [-0.05, 0) is 31.0 Å². The van der Waals surface area contributed by atoms with Gasteiger partial charge in [0.2, 0.25) is 0 Å². The van der Waals surface area contributed by atoms with Gasteiger partial charge in [-0.2, -0.15) is 0 Å². The van der Waals surface area contributed by atoms with E-state index < -0.39 is 6.10 Å². The van der Waals surface area contributed by atoms with E-state index in [0.29, 0.717) is 21.9 Å². The first-order chi connectivity index (χ1) is 9.06. The molecule has 4 heteroatoms. The molecule has 0 fully saturated rings. The van der Waals surface area contributed by atoms with Crippen molar-refractivity contribution in [1.82, 2.24) is 4.98 Å². The molecule has 0 aliphatic rings. The largest absolute Gasteiger partial charge is 0.496 e. The highest BCUT2D eigenvalue weighted by atomic mass is 35.5. The zero-order chi connectivity index (χ0) is 14.0. The number of halogens is 1. The van der Waals surface area contributed by atoms with E-state index in [2.05, 4.69) is 4.98 Å². The molecule has 0 aliphatic carbocycles. The summed E-state index contributed by atoms with van der Waals surface area (Å²) in [6.45, 7) is 3.98. The lowest BCUT2D eigenvalue weighted by atomic mass is 9.97. The van der Waals surface area contributed by atoms with Crippen molar-refractivity contribution in [2.45, 2.75) is 20.0 Å². The molecule has 2 rings (SSSR count). The molecule has 1 unspecified atom stereocenters. The molecule has 1 aromatic heterocycles. The number of ether oxygens (including phenoxy) is 1. The molecular formula is C15H16ClNO2. The number of aryl methyl sites for hydroxylation is 1. The van der Waals surface area contributed by atoms with E-state index in [1.807, 2.05) is 26.0 Å². The maximum Gasteiger partial charge on any atom is 0.128 e. The van der Waals surface area contributed by atoms with E-state index in [1.54, 1.807) is 19.4 Å². The Morgan fingerprint density at radius 2 is 1.95 bits per heavy atom. The second kappa shape index (κ2) is 5.59. The third-order valence-corrected chi connectivity index (χ3v) is 3.62. The van der Waals surface area contributed by atoms with Crippen LogP contribution in [0.15, 0.2) is 30.6 Å². The van der Waals surface area contributed by atoms with Crippen molar-refractivity contribution in [2.75, 3.05) is 7.11 Å². The Bertz CT molecular complexity index is 599. The van der Waals surface area contributed by atoms with Crippen molar-refractivity contribution in [3.63, 3.8) is 0 Å². The van der Waals surface area contributed by atoms with Gasteiger partial charge in [0.05, 0.1) is 12.1 Å². The number of hydrogen-bond donors (Lipinski definition) is 1. The van der Waals surface area contributed by atoms with Gasteiger partial charge in [0.25, 0.3) is 0 Å². The first-order valence-corrected chi connectivity index (χ1v) is 6.35. The molecule has 19 heavy (non-hydrogen) atoms. The molecule has 2 aromatic rings. The molecular weight excluding hydrogens is 262 g/mol. The molecule has 0 aliphatic heterocycles. The van der Waals surface area contributed by atoms with Crippen molar-refractivity contribution >= 4 is 11.6 Å². The van der Waals surface area contributed by atoms with Crippen LogP contribution < -0.4 is 4.74 Å². The predicted molar refractivity (Wildman–Crippen MR) is 75.8 cm³/mol. The second-order valence-corrected chi connectivity index (χ2v) is 4.84. The number of pyridine rings is 1. The molecule has 1 N–H and O–H groups in total. The average molecular weight is 278 g/mol. The quantitative estimate of drug-likeness (QED) is 0.934. The fourth-order valence-corrected chi connectivity index (χ4v) is 2.30. The number of rotatable bonds is 3. The Morgan fingerprint density at radius 3 is 2.58 bits per heavy atom. The summed E-state index contributed by atoms with van der Waals surface area (Å²) in [6.07, 6.45) is 2.30. The lowest BCUT2D eigenvalue weighted by Gasteiger charge is -2.18. The zero-order valence-corrected chi connectivity index (χ0v) is 11.9. The Morgan fingerprint density at radius 1 is 1.21 bits per heavy atom. The lowest BCUT2D eigenvalue weighted by molar-refractivity contribution is 0.214. The molecule has 1 aromatic carbocycles. The van der Waals surface area contributed by atoms with Crippen LogP contribution in [0.4, 0.5) is 0 Å². The summed E-state index contributed by atoms with van der Waals surface area (Å²) in [7, 11) is 1.60. The first-order valence-electron chi connectivity index (χ1n) is 5.97. The van der Waals surface area contributed by atoms with Crippen molar-refractivity contribution in [3.05, 3.63) is 57.9 Å². The maximum atomic E-state index is 10.5. The van der Waals surface area contributed by atoms with E-state index in [-0.39, 0.29) is 0 Å². The minimum atomic E-state index is -0.829. The van der Waals surface area contributed by atoms with Gasteiger partial charge in [0, 0.05) is 23.5 Å². The minimum absolute atomic E-state index is 0.440. The highest BCUT2D eigenvalue weighted by molar-refractivity contribution is 6.31. The molecule has 0 saturated heterocycles. The highest BCUT2D eigenvalue weighted by Gasteiger charge is 2.19. The summed E-state index contributed by atoms with van der Waals surface area (Å²) < 4.78 is 5.42. The Kier molecular flexibility index (Phi) is 4.08. The summed E-state index contributed by atoms with van der Waals surface area (Å²) in [5, 5.41) is 10.9. The fourth-order valence-electron chi connectivity index (χ4n) is 2.07. The van der Waals surface area contributed by atoms with E-state index in [0.717, 1.165) is 11.1 Å². The molecule has 1 heterocycles. The van der Waals surface area contributed by atoms with Gasteiger partial charge < -0.3 is 9.84 Å². The van der Waals surface area contributed by atoms with Crippen LogP contribution in [0.1, 0.15) is 28.4 Å². The van der Waals surface area contributed by atoms with Crippen LogP contribution in [0.3, 0.4) is 0 Å². The van der Waals surface area contributed by atoms with Crippen LogP contribution in [0.25, 0.3) is 0 Å². The molecule has 3 nitrogen and oxygen atoms in total. The van der Waals surface area contributed by atoms with E-state index in [9.17, 15) is 5.11 Å². The van der Waals surface area contributed by atoms with Gasteiger partial charge >= 0.3 is 0 Å². The summed E-state index contributed by atoms with van der Waals surface area (Å²) in [6, 6.07) is 5.54. The molecule has 100 valence electrons. The Labute approximate surface area is 117 Å². The van der Waals surface area contributed by atoms with Crippen molar-refractivity contribution in [3.8, 4) is 5.75 Å². The van der Waals surface area contributed by atoms with Gasteiger partial charge in [0.1, 0.15) is 11.9 Å². The summed E-state index contributed by atoms with van der Waals surface area (Å²) in [5.74, 6) is 0.695. The SMILES string of the molecule is COc1c(C(O)c2ccncc2Cl)ccc(C)c1C. The highest BCUT2D eigenvalue weighted by Crippen LogP contribution is 2.35. The van der Waals surface area contributed by atoms with Crippen molar-refractivity contribution in [1.29, 1.82) is 0 Å². The van der Waals surface area contributed by atoms with Crippen LogP contribution in [0.2, 0.25) is 5.02 Å². The van der Waals surface area contributed by atoms with Gasteiger partial charge in [-0.1, -0.05) is 23.7 Å². The number of aromatic nitrogens is 1. The Hall–Kier alpha value is -1.58. The number of aliphatic hydroxyl groups is 1. The van der Waals surface area contributed by atoms with Gasteiger partial charge in [0.15, 0.2) is 0 Å². The molecule has 0 radical (unpaired) electrons. The number of aliphatic hydroxyl groups excluding tert-OH is 1. The smallest absolute Gasteiger partial charge is 0.128 e. The standard InChI is InChI=1S/C15H16ClNO2/c1-9-4-5-12(15(19-3)10(9)2)14(18)11-6-7-17-8-13(11)16/h4-8,14,18H,1-3H3. The number of nitrogens with zero attached hydrogens (tertiary/aromatic N) is 1. The predicted octanol–water partition coefficient (Wildman–Crippen LogP) is 3.44. The molecule has 1 atom stereocenters. The normalized spacial score (nSPS) is 12.3. The van der Waals surface area contributed by atoms with Crippen LogP contribution in [-0.4, -0.2) is 17.2 Å². The number of methoxy groups -OCH3 is 1. The third kappa shape index (κ3) is 2.57. The zero-order valence-electron chi connectivity index (χ0n) is 11.1. The monoisotopic (exact) mass is 277 g/mol. The van der Waals surface area contributed by atoms with Gasteiger partial charge in [-0.15, -0.1) is 0 Å². The maximum absolute atomic E-state index is 10.5. The van der Waals surface area contributed by atoms with E-state index in [4.69, 9.17) is 16.3 Å². The molecule has 0 bridgehead atoms. The molecule has 0 saturated carbocycles. The van der Waals surface area contributed by atoms with Crippen molar-refractivity contribution < 1.29 is 9.84 Å². The topological polar surface area (TPSA) is 42.4 Å². The average Bonchev–Trinajstić information content (AvgIpc) is 2.41. The van der Waals surface area contributed by atoms with Crippen molar-refractivity contribution in [2.24, 2.45) is 0 Å². The summed E-state index contributed by atoms with van der Waals surface area (Å²) in [5.41, 5.74) is 3.47. The van der Waals surface area contributed by atoms with Gasteiger partial charge in [-0.3, -0.25) is 4.98 Å². The summed E-state index contributed by atoms with van der Waals surface area (Å²) in [4.78, 5) is 3.92. The number of benzene rings is 1. The van der Waals surface area contributed by atoms with Crippen LogP contribution in [0, 0.1) is 13.8 Å². The van der Waals surface area contributed by atoms with Crippen LogP contribution in [0.5, 0.6) is 5.75 Å². The summed E-state index contributed by atoms with van der Waals surface area (Å²) >= 11 is 6.07. The first kappa shape index (κ1) is 13.8. The van der Waals surface area contributed by atoms with Crippen LogP contribution in [-0.2, 0) is 0 Å². The minimum Gasteiger partial charge on any atom is -0.496 e. The van der Waals surface area contributed by atoms with E-state index in [1.165, 1.54) is 6.20 Å². The van der Waals surface area contributed by atoms with Gasteiger partial charge in [-0.25, -0.2) is 0 Å². The fraction of sp³-hybridized carbons (Fsp3) is 0.267. The second-order valence-electron chi connectivity index (χ2n) is 4.43. The molecule has 0 spiro atoms. The third-order valence-electron chi connectivity index (χ3n) is 3.30. The molecule has 0 amide bonds. The Balaban J connectivity index is 2.53. The lowest BCUT2D eigenvalue weighted by Crippen LogP contribution is -2.05. The van der Waals surface area contributed by atoms with E-state index >= 15 is 0 Å².